The first-order valence-corrected chi connectivity index (χ1v) is 8.03. The largest absolute Gasteiger partial charge is 0.337 e. The lowest BCUT2D eigenvalue weighted by Gasteiger charge is -2.39. The molecule has 2 heterocycles. The average molecular weight is 312 g/mol. The SMILES string of the molecule is Cc1[nH]nc(SCC(=O)N2C(C)CCCC2C)c1[N+](=O)[O-]. The molecule has 1 fully saturated rings. The van der Waals surface area contributed by atoms with Gasteiger partial charge in [-0.25, -0.2) is 0 Å². The van der Waals surface area contributed by atoms with Gasteiger partial charge in [0.2, 0.25) is 5.91 Å². The van der Waals surface area contributed by atoms with Crippen LogP contribution in [0.2, 0.25) is 0 Å². The zero-order valence-corrected chi connectivity index (χ0v) is 13.3. The second-order valence-corrected chi connectivity index (χ2v) is 6.44. The summed E-state index contributed by atoms with van der Waals surface area (Å²) < 4.78 is 0. The van der Waals surface area contributed by atoms with Crippen LogP contribution in [0.3, 0.4) is 0 Å². The zero-order chi connectivity index (χ0) is 15.6. The van der Waals surface area contributed by atoms with E-state index in [4.69, 9.17) is 0 Å². The number of thioether (sulfide) groups is 1. The molecule has 1 aromatic heterocycles. The standard InChI is InChI=1S/C13H20N4O3S/c1-8-5-4-6-9(2)16(8)11(18)7-21-13-12(17(19)20)10(3)14-15-13/h8-9H,4-7H2,1-3H3,(H,14,15). The van der Waals surface area contributed by atoms with Gasteiger partial charge in [-0.2, -0.15) is 5.10 Å². The van der Waals surface area contributed by atoms with Crippen molar-refractivity contribution in [3.8, 4) is 0 Å². The number of carbonyl (C=O) groups excluding carboxylic acids is 1. The van der Waals surface area contributed by atoms with Crippen LogP contribution in [0.4, 0.5) is 5.69 Å². The molecule has 1 saturated heterocycles. The molecule has 0 radical (unpaired) electrons. The molecule has 1 aliphatic rings. The summed E-state index contributed by atoms with van der Waals surface area (Å²) >= 11 is 1.13. The summed E-state index contributed by atoms with van der Waals surface area (Å²) in [6.07, 6.45) is 3.17. The van der Waals surface area contributed by atoms with E-state index >= 15 is 0 Å². The van der Waals surface area contributed by atoms with E-state index in [1.54, 1.807) is 6.92 Å². The van der Waals surface area contributed by atoms with Crippen LogP contribution in [-0.2, 0) is 4.79 Å². The van der Waals surface area contributed by atoms with Crippen LogP contribution >= 0.6 is 11.8 Å². The number of nitrogens with one attached hydrogen (secondary N) is 1. The Morgan fingerprint density at radius 1 is 1.48 bits per heavy atom. The molecular weight excluding hydrogens is 292 g/mol. The fourth-order valence-electron chi connectivity index (χ4n) is 2.83. The number of hydrogen-bond donors (Lipinski definition) is 1. The molecule has 0 spiro atoms. The summed E-state index contributed by atoms with van der Waals surface area (Å²) in [5, 5.41) is 17.8. The highest BCUT2D eigenvalue weighted by atomic mass is 32.2. The third kappa shape index (κ3) is 3.37. The Labute approximate surface area is 127 Å². The molecule has 1 amide bonds. The summed E-state index contributed by atoms with van der Waals surface area (Å²) in [5.41, 5.74) is 0.377. The molecule has 0 aromatic carbocycles. The van der Waals surface area contributed by atoms with Crippen molar-refractivity contribution in [2.75, 3.05) is 5.75 Å². The zero-order valence-electron chi connectivity index (χ0n) is 12.5. The summed E-state index contributed by atoms with van der Waals surface area (Å²) in [6, 6.07) is 0.468. The number of piperidine rings is 1. The minimum absolute atomic E-state index is 0.0228. The van der Waals surface area contributed by atoms with E-state index in [-0.39, 0.29) is 34.5 Å². The van der Waals surface area contributed by atoms with E-state index in [9.17, 15) is 14.9 Å². The maximum atomic E-state index is 12.4. The molecule has 8 heteroatoms. The Kier molecular flexibility index (Phi) is 4.87. The van der Waals surface area contributed by atoms with Gasteiger partial charge in [0, 0.05) is 12.1 Å². The van der Waals surface area contributed by atoms with Crippen molar-refractivity contribution in [3.05, 3.63) is 15.8 Å². The first-order chi connectivity index (χ1) is 9.91. The van der Waals surface area contributed by atoms with Crippen LogP contribution in [0, 0.1) is 17.0 Å². The lowest BCUT2D eigenvalue weighted by atomic mass is 9.98. The van der Waals surface area contributed by atoms with E-state index < -0.39 is 4.92 Å². The van der Waals surface area contributed by atoms with Gasteiger partial charge in [0.15, 0.2) is 5.03 Å². The number of nitro groups is 1. The molecule has 1 aromatic rings. The first-order valence-electron chi connectivity index (χ1n) is 7.05. The second-order valence-electron chi connectivity index (χ2n) is 5.48. The first kappa shape index (κ1) is 15.8. The van der Waals surface area contributed by atoms with E-state index in [1.165, 1.54) is 0 Å². The van der Waals surface area contributed by atoms with Crippen molar-refractivity contribution in [2.45, 2.75) is 57.1 Å². The average Bonchev–Trinajstić information content (AvgIpc) is 2.77. The van der Waals surface area contributed by atoms with Gasteiger partial charge in [-0.3, -0.25) is 20.0 Å². The van der Waals surface area contributed by atoms with Crippen LogP contribution in [0.5, 0.6) is 0 Å². The van der Waals surface area contributed by atoms with Gasteiger partial charge in [0.25, 0.3) is 0 Å². The van der Waals surface area contributed by atoms with E-state index in [2.05, 4.69) is 24.0 Å². The van der Waals surface area contributed by atoms with Crippen molar-refractivity contribution in [3.63, 3.8) is 0 Å². The van der Waals surface area contributed by atoms with Crippen LogP contribution in [-0.4, -0.2) is 43.8 Å². The Bertz CT molecular complexity index is 536. The van der Waals surface area contributed by atoms with E-state index in [0.29, 0.717) is 5.69 Å². The minimum Gasteiger partial charge on any atom is -0.337 e. The van der Waals surface area contributed by atoms with Crippen LogP contribution in [0.15, 0.2) is 5.03 Å². The van der Waals surface area contributed by atoms with Gasteiger partial charge < -0.3 is 4.90 Å². The van der Waals surface area contributed by atoms with Gasteiger partial charge in [-0.1, -0.05) is 11.8 Å². The third-order valence-corrected chi connectivity index (χ3v) is 4.83. The quantitative estimate of drug-likeness (QED) is 0.524. The number of nitrogens with zero attached hydrogens (tertiary/aromatic N) is 3. The summed E-state index contributed by atoms with van der Waals surface area (Å²) in [7, 11) is 0. The molecule has 0 aliphatic carbocycles. The molecule has 7 nitrogen and oxygen atoms in total. The Morgan fingerprint density at radius 3 is 2.67 bits per heavy atom. The number of aromatic amines is 1. The number of H-pyrrole nitrogens is 1. The predicted molar refractivity (Wildman–Crippen MR) is 80.3 cm³/mol. The molecule has 2 unspecified atom stereocenters. The molecule has 1 N–H and O–H groups in total. The number of carbonyl (C=O) groups is 1. The maximum Gasteiger partial charge on any atom is 0.323 e. The van der Waals surface area contributed by atoms with Crippen molar-refractivity contribution in [2.24, 2.45) is 0 Å². The lowest BCUT2D eigenvalue weighted by molar-refractivity contribution is -0.388. The number of aryl methyl sites for hydroxylation is 1. The van der Waals surface area contributed by atoms with Gasteiger partial charge in [0.1, 0.15) is 5.69 Å². The van der Waals surface area contributed by atoms with Crippen molar-refractivity contribution < 1.29 is 9.72 Å². The second kappa shape index (κ2) is 6.46. The molecule has 2 rings (SSSR count). The number of rotatable bonds is 4. The molecule has 116 valence electrons. The Balaban J connectivity index is 2.03. The monoisotopic (exact) mass is 312 g/mol. The molecule has 21 heavy (non-hydrogen) atoms. The fraction of sp³-hybridized carbons (Fsp3) is 0.692. The van der Waals surface area contributed by atoms with E-state index in [0.717, 1.165) is 31.0 Å². The number of aromatic nitrogens is 2. The minimum atomic E-state index is -0.461. The van der Waals surface area contributed by atoms with E-state index in [1.807, 2.05) is 4.90 Å². The summed E-state index contributed by atoms with van der Waals surface area (Å²) in [5.74, 6) is 0.203. The van der Waals surface area contributed by atoms with Gasteiger partial charge in [-0.05, 0) is 40.0 Å². The highest BCUT2D eigenvalue weighted by molar-refractivity contribution is 8.00. The fourth-order valence-corrected chi connectivity index (χ4v) is 3.72. The number of amides is 1. The van der Waals surface area contributed by atoms with Crippen LogP contribution < -0.4 is 0 Å². The normalized spacial score (nSPS) is 22.3. The molecular formula is C13H20N4O3S. The topological polar surface area (TPSA) is 92.1 Å². The maximum absolute atomic E-state index is 12.4. The lowest BCUT2D eigenvalue weighted by Crippen LogP contribution is -2.48. The van der Waals surface area contributed by atoms with Gasteiger partial charge >= 0.3 is 5.69 Å². The highest BCUT2D eigenvalue weighted by Gasteiger charge is 2.30. The molecule has 0 bridgehead atoms. The number of likely N-dealkylation sites (tertiary alicyclic amines) is 1. The van der Waals surface area contributed by atoms with Gasteiger partial charge in [0.05, 0.1) is 10.7 Å². The Morgan fingerprint density at radius 2 is 2.10 bits per heavy atom. The van der Waals surface area contributed by atoms with Crippen molar-refractivity contribution in [1.82, 2.24) is 15.1 Å². The predicted octanol–water partition coefficient (Wildman–Crippen LogP) is 2.51. The Hall–Kier alpha value is -1.57. The molecule has 0 saturated carbocycles. The molecule has 2 atom stereocenters. The van der Waals surface area contributed by atoms with Gasteiger partial charge in [-0.15, -0.1) is 0 Å². The smallest absolute Gasteiger partial charge is 0.323 e. The molecule has 1 aliphatic heterocycles. The number of hydrogen-bond acceptors (Lipinski definition) is 5. The highest BCUT2D eigenvalue weighted by Crippen LogP contribution is 2.30. The van der Waals surface area contributed by atoms with Crippen molar-refractivity contribution >= 4 is 23.4 Å². The van der Waals surface area contributed by atoms with Crippen LogP contribution in [0.1, 0.15) is 38.8 Å². The van der Waals surface area contributed by atoms with Crippen molar-refractivity contribution in [1.29, 1.82) is 0 Å². The third-order valence-electron chi connectivity index (χ3n) is 3.88. The summed E-state index contributed by atoms with van der Waals surface area (Å²) in [4.78, 5) is 24.8. The summed E-state index contributed by atoms with van der Waals surface area (Å²) in [6.45, 7) is 5.71. The van der Waals surface area contributed by atoms with Crippen LogP contribution in [0.25, 0.3) is 0 Å².